The maximum Gasteiger partial charge on any atom is 0.0381 e. The zero-order chi connectivity index (χ0) is 12.5. The molecule has 0 radical (unpaired) electrons. The van der Waals surface area contributed by atoms with Crippen molar-refractivity contribution in [1.29, 1.82) is 0 Å². The maximum absolute atomic E-state index is 13.1. The van der Waals surface area contributed by atoms with Gasteiger partial charge in [-0.05, 0) is 11.5 Å². The summed E-state index contributed by atoms with van der Waals surface area (Å²) in [5.41, 5.74) is 3.69. The standard InChI is InChI=1S/C16H11FN.Pt/c1-11-10-13(17)7-8-14(11)15-6-2-4-12-5-3-9-18-16(12)15;/h2-7,9-10H,1H3;/q-1;. The Hall–Kier alpha value is -1.53. The number of halogens is 1. The Bertz CT molecular complexity index is 720. The molecule has 0 unspecified atom stereocenters. The summed E-state index contributed by atoms with van der Waals surface area (Å²) in [4.78, 5) is 4.41. The Balaban J connectivity index is 0.00000133. The molecule has 0 atom stereocenters. The summed E-state index contributed by atoms with van der Waals surface area (Å²) < 4.78 is 13.1. The molecule has 0 bridgehead atoms. The first-order chi connectivity index (χ1) is 8.75. The summed E-state index contributed by atoms with van der Waals surface area (Å²) in [6, 6.07) is 15.8. The zero-order valence-electron chi connectivity index (χ0n) is 10.3. The Morgan fingerprint density at radius 1 is 1.16 bits per heavy atom. The Morgan fingerprint density at radius 2 is 1.95 bits per heavy atom. The van der Waals surface area contributed by atoms with Gasteiger partial charge in [-0.2, -0.15) is 0 Å². The van der Waals surface area contributed by atoms with E-state index in [1.165, 1.54) is 12.1 Å². The van der Waals surface area contributed by atoms with Crippen LogP contribution >= 0.6 is 0 Å². The molecule has 1 aromatic heterocycles. The number of rotatable bonds is 1. The predicted octanol–water partition coefficient (Wildman–Crippen LogP) is 4.15. The van der Waals surface area contributed by atoms with Gasteiger partial charge in [-0.15, -0.1) is 29.3 Å². The summed E-state index contributed by atoms with van der Waals surface area (Å²) in [7, 11) is 0. The molecule has 3 rings (SSSR count). The SMILES string of the molecule is Cc1cc(F)c[c-]c1-c1cccc2cccnc12.[Pt]. The summed E-state index contributed by atoms with van der Waals surface area (Å²) in [6.07, 6.45) is 1.77. The molecule has 0 spiro atoms. The second kappa shape index (κ2) is 5.62. The molecule has 0 amide bonds. The summed E-state index contributed by atoms with van der Waals surface area (Å²) in [5.74, 6) is -0.260. The second-order valence-electron chi connectivity index (χ2n) is 4.26. The molecule has 1 heterocycles. The van der Waals surface area contributed by atoms with Crippen molar-refractivity contribution in [1.82, 2.24) is 4.98 Å². The third kappa shape index (κ3) is 2.59. The molecular formula is C16H11FNPt-. The van der Waals surface area contributed by atoms with Gasteiger partial charge in [-0.3, -0.25) is 9.37 Å². The third-order valence-corrected chi connectivity index (χ3v) is 3.01. The van der Waals surface area contributed by atoms with Gasteiger partial charge in [-0.1, -0.05) is 36.8 Å². The van der Waals surface area contributed by atoms with E-state index in [9.17, 15) is 4.39 Å². The van der Waals surface area contributed by atoms with E-state index in [2.05, 4.69) is 11.1 Å². The topological polar surface area (TPSA) is 12.9 Å². The van der Waals surface area contributed by atoms with Crippen molar-refractivity contribution in [3.8, 4) is 11.1 Å². The van der Waals surface area contributed by atoms with Gasteiger partial charge < -0.3 is 0 Å². The molecule has 0 saturated heterocycles. The van der Waals surface area contributed by atoms with E-state index in [0.29, 0.717) is 0 Å². The largest absolute Gasteiger partial charge is 0.266 e. The number of aromatic nitrogens is 1. The first-order valence-corrected chi connectivity index (χ1v) is 5.77. The number of nitrogens with zero attached hydrogens (tertiary/aromatic N) is 1. The van der Waals surface area contributed by atoms with Gasteiger partial charge in [0, 0.05) is 38.6 Å². The van der Waals surface area contributed by atoms with Crippen LogP contribution < -0.4 is 0 Å². The Labute approximate surface area is 125 Å². The number of pyridine rings is 1. The van der Waals surface area contributed by atoms with Gasteiger partial charge >= 0.3 is 0 Å². The fourth-order valence-electron chi connectivity index (χ4n) is 2.17. The third-order valence-electron chi connectivity index (χ3n) is 3.01. The van der Waals surface area contributed by atoms with Crippen LogP contribution in [0.15, 0.2) is 48.7 Å². The first-order valence-electron chi connectivity index (χ1n) is 5.77. The fraction of sp³-hybridized carbons (Fsp3) is 0.0625. The first kappa shape index (κ1) is 13.9. The maximum atomic E-state index is 13.1. The molecule has 19 heavy (non-hydrogen) atoms. The molecule has 3 aromatic rings. The van der Waals surface area contributed by atoms with Gasteiger partial charge in [0.25, 0.3) is 0 Å². The van der Waals surface area contributed by atoms with Gasteiger partial charge in [0.05, 0.1) is 0 Å². The van der Waals surface area contributed by atoms with Crippen LogP contribution in [0.5, 0.6) is 0 Å². The van der Waals surface area contributed by atoms with Crippen LogP contribution in [0.25, 0.3) is 22.0 Å². The minimum Gasteiger partial charge on any atom is -0.266 e. The molecular weight excluding hydrogens is 420 g/mol. The summed E-state index contributed by atoms with van der Waals surface area (Å²) in [5, 5.41) is 1.08. The van der Waals surface area contributed by atoms with Crippen LogP contribution in [0.2, 0.25) is 0 Å². The number of hydrogen-bond donors (Lipinski definition) is 0. The fourth-order valence-corrected chi connectivity index (χ4v) is 2.17. The number of hydrogen-bond acceptors (Lipinski definition) is 1. The average molecular weight is 431 g/mol. The van der Waals surface area contributed by atoms with Crippen LogP contribution in [0.1, 0.15) is 5.56 Å². The molecule has 0 N–H and O–H groups in total. The zero-order valence-corrected chi connectivity index (χ0v) is 12.5. The molecule has 3 heteroatoms. The van der Waals surface area contributed by atoms with E-state index in [-0.39, 0.29) is 26.9 Å². The van der Waals surface area contributed by atoms with E-state index >= 15 is 0 Å². The van der Waals surface area contributed by atoms with E-state index in [1.54, 1.807) is 6.20 Å². The van der Waals surface area contributed by atoms with Crippen molar-refractivity contribution in [2.45, 2.75) is 6.92 Å². The molecule has 0 aliphatic carbocycles. The van der Waals surface area contributed by atoms with Crippen LogP contribution in [0.3, 0.4) is 0 Å². The molecule has 2 aromatic carbocycles. The van der Waals surface area contributed by atoms with E-state index in [1.807, 2.05) is 37.3 Å². The smallest absolute Gasteiger partial charge is 0.0381 e. The van der Waals surface area contributed by atoms with Crippen molar-refractivity contribution in [3.05, 3.63) is 66.1 Å². The Kier molecular flexibility index (Phi) is 4.11. The molecule has 98 valence electrons. The van der Waals surface area contributed by atoms with Crippen LogP contribution in [-0.4, -0.2) is 4.98 Å². The van der Waals surface area contributed by atoms with Crippen LogP contribution in [0, 0.1) is 18.8 Å². The molecule has 0 fully saturated rings. The van der Waals surface area contributed by atoms with Crippen molar-refractivity contribution in [3.63, 3.8) is 0 Å². The number of fused-ring (bicyclic) bond motifs is 1. The molecule has 0 aliphatic heterocycles. The van der Waals surface area contributed by atoms with E-state index < -0.39 is 0 Å². The van der Waals surface area contributed by atoms with E-state index in [0.717, 1.165) is 27.6 Å². The van der Waals surface area contributed by atoms with Crippen molar-refractivity contribution >= 4 is 10.9 Å². The van der Waals surface area contributed by atoms with Crippen LogP contribution in [-0.2, 0) is 21.1 Å². The van der Waals surface area contributed by atoms with Gasteiger partial charge in [0.1, 0.15) is 0 Å². The number of aryl methyl sites for hydroxylation is 1. The second-order valence-corrected chi connectivity index (χ2v) is 4.26. The molecule has 0 aliphatic rings. The van der Waals surface area contributed by atoms with Gasteiger partial charge in [-0.25, -0.2) is 0 Å². The quantitative estimate of drug-likeness (QED) is 0.528. The monoisotopic (exact) mass is 431 g/mol. The minimum atomic E-state index is -0.260. The predicted molar refractivity (Wildman–Crippen MR) is 70.7 cm³/mol. The van der Waals surface area contributed by atoms with Gasteiger partial charge in [0.2, 0.25) is 0 Å². The Morgan fingerprint density at radius 3 is 2.74 bits per heavy atom. The summed E-state index contributed by atoms with van der Waals surface area (Å²) >= 11 is 0. The summed E-state index contributed by atoms with van der Waals surface area (Å²) in [6.45, 7) is 1.89. The van der Waals surface area contributed by atoms with E-state index in [4.69, 9.17) is 0 Å². The van der Waals surface area contributed by atoms with Crippen molar-refractivity contribution in [2.24, 2.45) is 0 Å². The number of para-hydroxylation sites is 1. The van der Waals surface area contributed by atoms with Crippen molar-refractivity contribution in [2.75, 3.05) is 0 Å². The molecule has 1 nitrogen and oxygen atoms in total. The minimum absolute atomic E-state index is 0. The number of benzene rings is 2. The average Bonchev–Trinajstić information content (AvgIpc) is 2.38. The van der Waals surface area contributed by atoms with Crippen molar-refractivity contribution < 1.29 is 25.5 Å². The van der Waals surface area contributed by atoms with Crippen LogP contribution in [0.4, 0.5) is 4.39 Å². The van der Waals surface area contributed by atoms with Gasteiger partial charge in [0.15, 0.2) is 0 Å². The molecule has 0 saturated carbocycles. The normalized spacial score (nSPS) is 10.2.